The maximum atomic E-state index is 12.7. The molecule has 64 valence electrons. The molecule has 0 radical (unpaired) electrons. The van der Waals surface area contributed by atoms with Crippen LogP contribution < -0.4 is 0 Å². The SMILES string of the molecule is CCCC/C(F)=C/C(=O)CC. The normalized spacial score (nSPS) is 11.7. The predicted molar refractivity (Wildman–Crippen MR) is 44.0 cm³/mol. The summed E-state index contributed by atoms with van der Waals surface area (Å²) in [5.41, 5.74) is 0. The van der Waals surface area contributed by atoms with Crippen LogP contribution in [-0.2, 0) is 4.79 Å². The third kappa shape index (κ3) is 5.77. The van der Waals surface area contributed by atoms with Gasteiger partial charge in [0.15, 0.2) is 5.78 Å². The van der Waals surface area contributed by atoms with Crippen molar-refractivity contribution in [3.63, 3.8) is 0 Å². The van der Waals surface area contributed by atoms with E-state index < -0.39 is 0 Å². The zero-order valence-corrected chi connectivity index (χ0v) is 7.19. The Hall–Kier alpha value is -0.660. The molecular weight excluding hydrogens is 143 g/mol. The Morgan fingerprint density at radius 2 is 2.09 bits per heavy atom. The van der Waals surface area contributed by atoms with E-state index in [1.165, 1.54) is 0 Å². The maximum absolute atomic E-state index is 12.7. The zero-order chi connectivity index (χ0) is 8.69. The van der Waals surface area contributed by atoms with E-state index in [2.05, 4.69) is 0 Å². The first-order valence-electron chi connectivity index (χ1n) is 4.09. The van der Waals surface area contributed by atoms with E-state index in [1.54, 1.807) is 6.92 Å². The van der Waals surface area contributed by atoms with Gasteiger partial charge in [0, 0.05) is 12.5 Å². The van der Waals surface area contributed by atoms with E-state index in [9.17, 15) is 9.18 Å². The van der Waals surface area contributed by atoms with E-state index >= 15 is 0 Å². The summed E-state index contributed by atoms with van der Waals surface area (Å²) in [6, 6.07) is 0. The van der Waals surface area contributed by atoms with Gasteiger partial charge in [0.1, 0.15) is 5.83 Å². The predicted octanol–water partition coefficient (Wildman–Crippen LogP) is 3.01. The Morgan fingerprint density at radius 3 is 2.55 bits per heavy atom. The van der Waals surface area contributed by atoms with Crippen LogP contribution in [0.5, 0.6) is 0 Å². The van der Waals surface area contributed by atoms with E-state index in [4.69, 9.17) is 0 Å². The summed E-state index contributed by atoms with van der Waals surface area (Å²) < 4.78 is 12.7. The van der Waals surface area contributed by atoms with Crippen LogP contribution in [0.3, 0.4) is 0 Å². The van der Waals surface area contributed by atoms with Crippen molar-refractivity contribution >= 4 is 5.78 Å². The zero-order valence-electron chi connectivity index (χ0n) is 7.19. The number of halogens is 1. The molecule has 0 saturated heterocycles. The topological polar surface area (TPSA) is 17.1 Å². The molecule has 0 amide bonds. The van der Waals surface area contributed by atoms with Crippen molar-refractivity contribution in [3.05, 3.63) is 11.9 Å². The Bertz CT molecular complexity index is 150. The number of hydrogen-bond donors (Lipinski definition) is 0. The lowest BCUT2D eigenvalue weighted by Gasteiger charge is -1.93. The lowest BCUT2D eigenvalue weighted by Crippen LogP contribution is -1.89. The monoisotopic (exact) mass is 158 g/mol. The van der Waals surface area contributed by atoms with Gasteiger partial charge in [0.25, 0.3) is 0 Å². The van der Waals surface area contributed by atoms with Crippen LogP contribution in [0.1, 0.15) is 39.5 Å². The molecule has 0 aromatic rings. The molecule has 0 aliphatic carbocycles. The van der Waals surface area contributed by atoms with Gasteiger partial charge in [-0.1, -0.05) is 20.3 Å². The quantitative estimate of drug-likeness (QED) is 0.562. The second-order valence-electron chi connectivity index (χ2n) is 2.51. The van der Waals surface area contributed by atoms with E-state index in [1.807, 2.05) is 6.92 Å². The molecule has 0 fully saturated rings. The van der Waals surface area contributed by atoms with Crippen molar-refractivity contribution in [2.24, 2.45) is 0 Å². The smallest absolute Gasteiger partial charge is 0.157 e. The summed E-state index contributed by atoms with van der Waals surface area (Å²) in [7, 11) is 0. The average Bonchev–Trinajstić information content (AvgIpc) is 2.00. The molecule has 2 heteroatoms. The van der Waals surface area contributed by atoms with Crippen LogP contribution in [0.2, 0.25) is 0 Å². The van der Waals surface area contributed by atoms with Crippen LogP contribution >= 0.6 is 0 Å². The molecule has 1 nitrogen and oxygen atoms in total. The van der Waals surface area contributed by atoms with E-state index in [0.717, 1.165) is 18.9 Å². The fraction of sp³-hybridized carbons (Fsp3) is 0.667. The molecular formula is C9H15FO. The number of carbonyl (C=O) groups excluding carboxylic acids is 1. The van der Waals surface area contributed by atoms with Crippen LogP contribution in [0.25, 0.3) is 0 Å². The highest BCUT2D eigenvalue weighted by Gasteiger charge is 1.97. The minimum absolute atomic E-state index is 0.126. The molecule has 0 aliphatic rings. The molecule has 0 N–H and O–H groups in total. The van der Waals surface area contributed by atoms with Gasteiger partial charge in [0.05, 0.1) is 0 Å². The number of hydrogen-bond acceptors (Lipinski definition) is 1. The molecule has 0 atom stereocenters. The van der Waals surface area contributed by atoms with Crippen LogP contribution in [0, 0.1) is 0 Å². The summed E-state index contributed by atoms with van der Waals surface area (Å²) in [5.74, 6) is -0.405. The molecule has 11 heavy (non-hydrogen) atoms. The van der Waals surface area contributed by atoms with Gasteiger partial charge in [-0.15, -0.1) is 0 Å². The fourth-order valence-electron chi connectivity index (χ4n) is 0.695. The summed E-state index contributed by atoms with van der Waals surface area (Å²) >= 11 is 0. The molecule has 0 spiro atoms. The first-order chi connectivity index (χ1) is 5.20. The summed E-state index contributed by atoms with van der Waals surface area (Å²) in [6.07, 6.45) is 3.68. The standard InChI is InChI=1S/C9H15FO/c1-3-5-6-8(10)7-9(11)4-2/h7H,3-6H2,1-2H3/b8-7-. The number of allylic oxidation sites excluding steroid dienone is 2. The van der Waals surface area contributed by atoms with E-state index in [0.29, 0.717) is 12.8 Å². The van der Waals surface area contributed by atoms with Gasteiger partial charge in [0.2, 0.25) is 0 Å². The minimum atomic E-state index is -0.279. The second kappa shape index (κ2) is 6.08. The Labute approximate surface area is 67.3 Å². The van der Waals surface area contributed by atoms with Gasteiger partial charge < -0.3 is 0 Å². The molecule has 0 rings (SSSR count). The lowest BCUT2D eigenvalue weighted by atomic mass is 10.2. The molecule has 0 unspecified atom stereocenters. The van der Waals surface area contributed by atoms with Crippen LogP contribution in [-0.4, -0.2) is 5.78 Å². The largest absolute Gasteiger partial charge is 0.295 e. The van der Waals surface area contributed by atoms with Crippen molar-refractivity contribution in [1.29, 1.82) is 0 Å². The third-order valence-corrected chi connectivity index (χ3v) is 1.44. The van der Waals surface area contributed by atoms with Gasteiger partial charge >= 0.3 is 0 Å². The van der Waals surface area contributed by atoms with Crippen molar-refractivity contribution in [1.82, 2.24) is 0 Å². The van der Waals surface area contributed by atoms with Gasteiger partial charge in [-0.2, -0.15) is 0 Å². The molecule has 0 heterocycles. The number of rotatable bonds is 5. The maximum Gasteiger partial charge on any atom is 0.157 e. The molecule has 0 aromatic carbocycles. The van der Waals surface area contributed by atoms with Gasteiger partial charge in [-0.05, 0) is 12.8 Å². The first kappa shape index (κ1) is 10.3. The highest BCUT2D eigenvalue weighted by molar-refractivity contribution is 5.89. The third-order valence-electron chi connectivity index (χ3n) is 1.44. The number of carbonyl (C=O) groups is 1. The summed E-state index contributed by atoms with van der Waals surface area (Å²) in [4.78, 5) is 10.7. The Kier molecular flexibility index (Phi) is 5.71. The van der Waals surface area contributed by atoms with Crippen LogP contribution in [0.15, 0.2) is 11.9 Å². The number of unbranched alkanes of at least 4 members (excludes halogenated alkanes) is 1. The molecule has 0 bridgehead atoms. The minimum Gasteiger partial charge on any atom is -0.295 e. The highest BCUT2D eigenvalue weighted by Crippen LogP contribution is 2.08. The van der Waals surface area contributed by atoms with E-state index in [-0.39, 0.29) is 11.6 Å². The van der Waals surface area contributed by atoms with Crippen molar-refractivity contribution in [3.8, 4) is 0 Å². The van der Waals surface area contributed by atoms with Gasteiger partial charge in [-0.25, -0.2) is 4.39 Å². The summed E-state index contributed by atoms with van der Waals surface area (Å²) in [5, 5.41) is 0. The Morgan fingerprint density at radius 1 is 1.45 bits per heavy atom. The lowest BCUT2D eigenvalue weighted by molar-refractivity contribution is -0.114. The summed E-state index contributed by atoms with van der Waals surface area (Å²) in [6.45, 7) is 3.72. The molecule has 0 aromatic heterocycles. The van der Waals surface area contributed by atoms with Gasteiger partial charge in [-0.3, -0.25) is 4.79 Å². The Balaban J connectivity index is 3.70. The highest BCUT2D eigenvalue weighted by atomic mass is 19.1. The molecule has 0 aliphatic heterocycles. The fourth-order valence-corrected chi connectivity index (χ4v) is 0.695. The van der Waals surface area contributed by atoms with Crippen molar-refractivity contribution < 1.29 is 9.18 Å². The van der Waals surface area contributed by atoms with Crippen molar-refractivity contribution in [2.45, 2.75) is 39.5 Å². The molecule has 0 saturated carbocycles. The van der Waals surface area contributed by atoms with Crippen LogP contribution in [0.4, 0.5) is 4.39 Å². The average molecular weight is 158 g/mol. The first-order valence-corrected chi connectivity index (χ1v) is 4.09. The van der Waals surface area contributed by atoms with Crippen molar-refractivity contribution in [2.75, 3.05) is 0 Å². The number of ketones is 1. The second-order valence-corrected chi connectivity index (χ2v) is 2.51.